The minimum Gasteiger partial charge on any atom is -0.478 e. The normalized spacial score (nSPS) is 10.1. The Morgan fingerprint density at radius 3 is 2.65 bits per heavy atom. The van der Waals surface area contributed by atoms with Crippen molar-refractivity contribution < 1.29 is 23.8 Å². The largest absolute Gasteiger partial charge is 0.478 e. The number of carbonyl (C=O) groups excluding carboxylic acids is 1. The number of carbonyl (C=O) groups is 2. The van der Waals surface area contributed by atoms with Crippen LogP contribution in [0.2, 0.25) is 0 Å². The van der Waals surface area contributed by atoms with Crippen molar-refractivity contribution in [2.75, 3.05) is 7.11 Å². The molecule has 1 aromatic carbocycles. The van der Waals surface area contributed by atoms with E-state index in [2.05, 4.69) is 9.72 Å². The molecule has 0 atom stereocenters. The zero-order valence-corrected chi connectivity index (χ0v) is 10.5. The number of ether oxygens (including phenoxy) is 1. The van der Waals surface area contributed by atoms with Crippen LogP contribution in [0.1, 0.15) is 20.7 Å². The highest BCUT2D eigenvalue weighted by Gasteiger charge is 2.17. The number of hydrogen-bond acceptors (Lipinski definition) is 4. The molecule has 0 amide bonds. The van der Waals surface area contributed by atoms with Crippen molar-refractivity contribution in [3.8, 4) is 11.3 Å². The van der Waals surface area contributed by atoms with Gasteiger partial charge in [-0.1, -0.05) is 0 Å². The zero-order valence-electron chi connectivity index (χ0n) is 10.5. The maximum atomic E-state index is 14.0. The summed E-state index contributed by atoms with van der Waals surface area (Å²) in [6.45, 7) is 0. The van der Waals surface area contributed by atoms with Crippen molar-refractivity contribution in [3.63, 3.8) is 0 Å². The lowest BCUT2D eigenvalue weighted by Crippen LogP contribution is -2.04. The van der Waals surface area contributed by atoms with E-state index in [4.69, 9.17) is 5.11 Å². The molecule has 0 saturated heterocycles. The summed E-state index contributed by atoms with van der Waals surface area (Å²) < 4.78 is 18.5. The predicted molar refractivity (Wildman–Crippen MR) is 67.9 cm³/mol. The van der Waals surface area contributed by atoms with Gasteiger partial charge in [-0.05, 0) is 30.3 Å². The molecule has 0 saturated carbocycles. The second kappa shape index (κ2) is 5.48. The first kappa shape index (κ1) is 13.7. The van der Waals surface area contributed by atoms with Gasteiger partial charge in [-0.2, -0.15) is 0 Å². The van der Waals surface area contributed by atoms with Crippen molar-refractivity contribution in [1.82, 2.24) is 4.98 Å². The van der Waals surface area contributed by atoms with Gasteiger partial charge in [0.25, 0.3) is 0 Å². The number of carboxylic acids is 1. The molecule has 1 N–H and O–H groups in total. The van der Waals surface area contributed by atoms with Gasteiger partial charge in [0.2, 0.25) is 0 Å². The van der Waals surface area contributed by atoms with E-state index in [0.29, 0.717) is 0 Å². The maximum Gasteiger partial charge on any atom is 0.337 e. The number of halogens is 1. The number of carboxylic acid groups (broad SMARTS) is 1. The van der Waals surface area contributed by atoms with E-state index in [-0.39, 0.29) is 22.4 Å². The summed E-state index contributed by atoms with van der Waals surface area (Å²) in [6.07, 6.45) is 1.37. The molecule has 0 bridgehead atoms. The average Bonchev–Trinajstić information content (AvgIpc) is 2.46. The molecule has 5 nitrogen and oxygen atoms in total. The fraction of sp³-hybridized carbons (Fsp3) is 0.0714. The van der Waals surface area contributed by atoms with Crippen LogP contribution in [0.3, 0.4) is 0 Å². The number of nitrogens with zero attached hydrogens (tertiary/aromatic N) is 1. The van der Waals surface area contributed by atoms with Crippen molar-refractivity contribution in [3.05, 3.63) is 53.5 Å². The molecular formula is C14H10FNO4. The lowest BCUT2D eigenvalue weighted by molar-refractivity contribution is 0.0599. The van der Waals surface area contributed by atoms with Crippen LogP contribution in [0.25, 0.3) is 11.3 Å². The smallest absolute Gasteiger partial charge is 0.337 e. The van der Waals surface area contributed by atoms with Gasteiger partial charge in [-0.3, -0.25) is 4.98 Å². The number of benzene rings is 1. The maximum absolute atomic E-state index is 14.0. The molecule has 1 aromatic heterocycles. The highest BCUT2D eigenvalue weighted by Crippen LogP contribution is 2.25. The van der Waals surface area contributed by atoms with E-state index in [1.165, 1.54) is 37.6 Å². The number of aromatic carboxylic acids is 1. The fourth-order valence-electron chi connectivity index (χ4n) is 1.74. The van der Waals surface area contributed by atoms with Crippen LogP contribution in [0.15, 0.2) is 36.5 Å². The lowest BCUT2D eigenvalue weighted by atomic mass is 10.0. The van der Waals surface area contributed by atoms with Gasteiger partial charge in [0, 0.05) is 11.8 Å². The molecule has 0 aliphatic heterocycles. The van der Waals surface area contributed by atoms with Gasteiger partial charge in [-0.25, -0.2) is 14.0 Å². The summed E-state index contributed by atoms with van der Waals surface area (Å²) in [4.78, 5) is 26.3. The van der Waals surface area contributed by atoms with E-state index in [0.717, 1.165) is 6.07 Å². The molecule has 20 heavy (non-hydrogen) atoms. The zero-order chi connectivity index (χ0) is 14.7. The quantitative estimate of drug-likeness (QED) is 0.870. The molecular weight excluding hydrogens is 265 g/mol. The van der Waals surface area contributed by atoms with Crippen LogP contribution in [0.5, 0.6) is 0 Å². The Balaban J connectivity index is 2.55. The first-order valence-corrected chi connectivity index (χ1v) is 5.61. The third kappa shape index (κ3) is 2.49. The molecule has 0 spiro atoms. The van der Waals surface area contributed by atoms with Crippen LogP contribution < -0.4 is 0 Å². The third-order valence-electron chi connectivity index (χ3n) is 2.68. The lowest BCUT2D eigenvalue weighted by Gasteiger charge is -2.07. The predicted octanol–water partition coefficient (Wildman–Crippen LogP) is 2.37. The minimum absolute atomic E-state index is 0.00826. The SMILES string of the molecule is COC(=O)c1ccc(-c2ncccc2C(=O)O)c(F)c1. The van der Waals surface area contributed by atoms with E-state index in [1.54, 1.807) is 0 Å². The fourth-order valence-corrected chi connectivity index (χ4v) is 1.74. The van der Waals surface area contributed by atoms with Crippen LogP contribution in [-0.2, 0) is 4.74 Å². The second-order valence-corrected chi connectivity index (χ2v) is 3.89. The number of pyridine rings is 1. The summed E-state index contributed by atoms with van der Waals surface area (Å²) in [7, 11) is 1.19. The van der Waals surface area contributed by atoms with Crippen LogP contribution in [-0.4, -0.2) is 29.1 Å². The standard InChI is InChI=1S/C14H10FNO4/c1-20-14(19)8-4-5-9(11(15)7-8)12-10(13(17)18)3-2-6-16-12/h2-7H,1H3,(H,17,18). The first-order valence-electron chi connectivity index (χ1n) is 5.61. The Kier molecular flexibility index (Phi) is 3.74. The summed E-state index contributed by atoms with van der Waals surface area (Å²) >= 11 is 0. The van der Waals surface area contributed by atoms with E-state index < -0.39 is 17.8 Å². The van der Waals surface area contributed by atoms with Crippen molar-refractivity contribution in [2.24, 2.45) is 0 Å². The summed E-state index contributed by atoms with van der Waals surface area (Å²) in [5.74, 6) is -2.62. The van der Waals surface area contributed by atoms with Crippen molar-refractivity contribution in [2.45, 2.75) is 0 Å². The number of methoxy groups -OCH3 is 1. The van der Waals surface area contributed by atoms with E-state index in [9.17, 15) is 14.0 Å². The molecule has 0 radical (unpaired) electrons. The third-order valence-corrected chi connectivity index (χ3v) is 2.68. The van der Waals surface area contributed by atoms with Crippen LogP contribution >= 0.6 is 0 Å². The Morgan fingerprint density at radius 1 is 1.30 bits per heavy atom. The van der Waals surface area contributed by atoms with Crippen LogP contribution in [0, 0.1) is 5.82 Å². The molecule has 0 aliphatic rings. The summed E-state index contributed by atoms with van der Waals surface area (Å²) in [6, 6.07) is 6.42. The highest BCUT2D eigenvalue weighted by atomic mass is 19.1. The molecule has 1 heterocycles. The number of rotatable bonds is 3. The van der Waals surface area contributed by atoms with E-state index >= 15 is 0 Å². The number of hydrogen-bond donors (Lipinski definition) is 1. The monoisotopic (exact) mass is 275 g/mol. The molecule has 0 aliphatic carbocycles. The topological polar surface area (TPSA) is 76.5 Å². The van der Waals surface area contributed by atoms with Gasteiger partial charge in [0.1, 0.15) is 5.82 Å². The molecule has 0 unspecified atom stereocenters. The minimum atomic E-state index is -1.20. The Hall–Kier alpha value is -2.76. The average molecular weight is 275 g/mol. The van der Waals surface area contributed by atoms with Crippen LogP contribution in [0.4, 0.5) is 4.39 Å². The Bertz CT molecular complexity index is 685. The van der Waals surface area contributed by atoms with Gasteiger partial charge < -0.3 is 9.84 Å². The Labute approximate surface area is 113 Å². The summed E-state index contributed by atoms with van der Waals surface area (Å²) in [5.41, 5.74) is -0.0525. The van der Waals surface area contributed by atoms with E-state index in [1.807, 2.05) is 0 Å². The molecule has 102 valence electrons. The Morgan fingerprint density at radius 2 is 2.05 bits per heavy atom. The molecule has 2 rings (SSSR count). The summed E-state index contributed by atoms with van der Waals surface area (Å²) in [5, 5.41) is 9.06. The first-order chi connectivity index (χ1) is 9.54. The second-order valence-electron chi connectivity index (χ2n) is 3.89. The molecule has 2 aromatic rings. The number of aromatic nitrogens is 1. The van der Waals surface area contributed by atoms with Gasteiger partial charge in [0.15, 0.2) is 0 Å². The van der Waals surface area contributed by atoms with Gasteiger partial charge in [0.05, 0.1) is 23.9 Å². The highest BCUT2D eigenvalue weighted by molar-refractivity contribution is 5.95. The van der Waals surface area contributed by atoms with Crippen molar-refractivity contribution >= 4 is 11.9 Å². The molecule has 0 fully saturated rings. The van der Waals surface area contributed by atoms with Gasteiger partial charge in [-0.15, -0.1) is 0 Å². The van der Waals surface area contributed by atoms with Gasteiger partial charge >= 0.3 is 11.9 Å². The van der Waals surface area contributed by atoms with Crippen molar-refractivity contribution in [1.29, 1.82) is 0 Å². The number of esters is 1. The molecule has 6 heteroatoms.